The molecule has 1 heterocycles. The zero-order valence-corrected chi connectivity index (χ0v) is 18.6. The van der Waals surface area contributed by atoms with Gasteiger partial charge in [0.1, 0.15) is 22.9 Å². The average Bonchev–Trinajstić information content (AvgIpc) is 3.25. The highest BCUT2D eigenvalue weighted by atomic mass is 19.1. The predicted octanol–water partition coefficient (Wildman–Crippen LogP) is 5.98. The lowest BCUT2D eigenvalue weighted by Gasteiger charge is -2.10. The highest BCUT2D eigenvalue weighted by molar-refractivity contribution is 6.00. The SMILES string of the molecule is COc1cccc(-c2coc3cc(OC)c(/C(C)=C/C(=O)NCc4ccc(F)cc4)cc23)c1. The summed E-state index contributed by atoms with van der Waals surface area (Å²) in [4.78, 5) is 12.5. The second-order valence-corrected chi connectivity index (χ2v) is 7.60. The number of allylic oxidation sites excluding steroid dienone is 1. The first-order chi connectivity index (χ1) is 16.0. The number of carbonyl (C=O) groups excluding carboxylic acids is 1. The maximum absolute atomic E-state index is 13.1. The van der Waals surface area contributed by atoms with E-state index in [1.54, 1.807) is 32.6 Å². The van der Waals surface area contributed by atoms with Gasteiger partial charge in [-0.1, -0.05) is 24.3 Å². The van der Waals surface area contributed by atoms with Crippen LogP contribution in [-0.2, 0) is 11.3 Å². The fourth-order valence-electron chi connectivity index (χ4n) is 3.66. The van der Waals surface area contributed by atoms with Gasteiger partial charge in [-0.05, 0) is 54.0 Å². The largest absolute Gasteiger partial charge is 0.497 e. The smallest absolute Gasteiger partial charge is 0.244 e. The minimum absolute atomic E-state index is 0.251. The number of furan rings is 1. The maximum Gasteiger partial charge on any atom is 0.244 e. The number of ether oxygens (including phenoxy) is 2. The van der Waals surface area contributed by atoms with Crippen LogP contribution in [0.5, 0.6) is 11.5 Å². The van der Waals surface area contributed by atoms with Crippen LogP contribution in [0.2, 0.25) is 0 Å². The van der Waals surface area contributed by atoms with Crippen LogP contribution in [0.3, 0.4) is 0 Å². The molecule has 0 aliphatic carbocycles. The van der Waals surface area contributed by atoms with Crippen LogP contribution < -0.4 is 14.8 Å². The fraction of sp³-hybridized carbons (Fsp3) is 0.148. The lowest BCUT2D eigenvalue weighted by Crippen LogP contribution is -2.20. The molecular weight excluding hydrogens is 421 g/mol. The molecule has 4 rings (SSSR count). The quantitative estimate of drug-likeness (QED) is 0.356. The Morgan fingerprint density at radius 3 is 2.58 bits per heavy atom. The van der Waals surface area contributed by atoms with Crippen LogP contribution in [0.4, 0.5) is 4.39 Å². The number of nitrogens with one attached hydrogen (secondary N) is 1. The van der Waals surface area contributed by atoms with Gasteiger partial charge in [0.15, 0.2) is 0 Å². The summed E-state index contributed by atoms with van der Waals surface area (Å²) < 4.78 is 29.7. The molecule has 0 unspecified atom stereocenters. The number of rotatable bonds is 7. The van der Waals surface area contributed by atoms with E-state index in [-0.39, 0.29) is 11.7 Å². The first kappa shape index (κ1) is 22.1. The molecule has 0 fully saturated rings. The molecule has 0 bridgehead atoms. The maximum atomic E-state index is 13.1. The molecule has 0 saturated carbocycles. The standard InChI is InChI=1S/C27H24FNO4/c1-17(11-27(30)29-15-18-7-9-20(28)10-8-18)22-13-23-24(16-33-26(23)14-25(22)32-3)19-5-4-6-21(12-19)31-2/h4-14,16H,15H2,1-3H3,(H,29,30)/b17-11+. The van der Waals surface area contributed by atoms with Crippen LogP contribution in [-0.4, -0.2) is 20.1 Å². The Morgan fingerprint density at radius 1 is 1.06 bits per heavy atom. The Labute approximate surface area is 191 Å². The van der Waals surface area contributed by atoms with Gasteiger partial charge in [0.25, 0.3) is 0 Å². The lowest BCUT2D eigenvalue weighted by molar-refractivity contribution is -0.116. The predicted molar refractivity (Wildman–Crippen MR) is 127 cm³/mol. The molecule has 0 radical (unpaired) electrons. The molecule has 3 aromatic carbocycles. The molecule has 1 aromatic heterocycles. The molecule has 0 aliphatic heterocycles. The second kappa shape index (κ2) is 9.61. The molecular formula is C27H24FNO4. The van der Waals surface area contributed by atoms with Crippen LogP contribution in [0.15, 0.2) is 77.4 Å². The van der Waals surface area contributed by atoms with E-state index in [1.165, 1.54) is 18.2 Å². The lowest BCUT2D eigenvalue weighted by atomic mass is 9.99. The number of methoxy groups -OCH3 is 2. The van der Waals surface area contributed by atoms with Gasteiger partial charge in [0.05, 0.1) is 20.5 Å². The van der Waals surface area contributed by atoms with Gasteiger partial charge in [-0.15, -0.1) is 0 Å². The number of carbonyl (C=O) groups is 1. The van der Waals surface area contributed by atoms with Gasteiger partial charge in [0.2, 0.25) is 5.91 Å². The summed E-state index contributed by atoms with van der Waals surface area (Å²) in [5, 5.41) is 3.73. The number of amides is 1. The normalized spacial score (nSPS) is 11.5. The van der Waals surface area contributed by atoms with Gasteiger partial charge in [0, 0.05) is 35.2 Å². The molecule has 0 atom stereocenters. The summed E-state index contributed by atoms with van der Waals surface area (Å²) in [6, 6.07) is 17.5. The number of fused-ring (bicyclic) bond motifs is 1. The fourth-order valence-corrected chi connectivity index (χ4v) is 3.66. The van der Waals surface area contributed by atoms with Gasteiger partial charge < -0.3 is 19.2 Å². The van der Waals surface area contributed by atoms with Crippen molar-refractivity contribution < 1.29 is 23.1 Å². The van der Waals surface area contributed by atoms with Gasteiger partial charge >= 0.3 is 0 Å². The van der Waals surface area contributed by atoms with E-state index in [4.69, 9.17) is 13.9 Å². The van der Waals surface area contributed by atoms with E-state index in [0.29, 0.717) is 17.9 Å². The van der Waals surface area contributed by atoms with Crippen molar-refractivity contribution in [3.8, 4) is 22.6 Å². The van der Waals surface area contributed by atoms with Crippen molar-refractivity contribution in [2.75, 3.05) is 14.2 Å². The molecule has 33 heavy (non-hydrogen) atoms. The van der Waals surface area contributed by atoms with E-state index >= 15 is 0 Å². The average molecular weight is 445 g/mol. The van der Waals surface area contributed by atoms with Crippen molar-refractivity contribution in [3.05, 3.63) is 89.9 Å². The topological polar surface area (TPSA) is 60.7 Å². The molecule has 1 amide bonds. The second-order valence-electron chi connectivity index (χ2n) is 7.60. The van der Waals surface area contributed by atoms with Gasteiger partial charge in [-0.25, -0.2) is 4.39 Å². The van der Waals surface area contributed by atoms with Crippen molar-refractivity contribution in [1.82, 2.24) is 5.32 Å². The molecule has 168 valence electrons. The van der Waals surface area contributed by atoms with E-state index < -0.39 is 0 Å². The third-order valence-corrected chi connectivity index (χ3v) is 5.43. The van der Waals surface area contributed by atoms with Crippen molar-refractivity contribution in [2.45, 2.75) is 13.5 Å². The monoisotopic (exact) mass is 445 g/mol. The number of hydrogen-bond donors (Lipinski definition) is 1. The van der Waals surface area contributed by atoms with Crippen molar-refractivity contribution in [1.29, 1.82) is 0 Å². The Kier molecular flexibility index (Phi) is 6.45. The van der Waals surface area contributed by atoms with Crippen molar-refractivity contribution in [3.63, 3.8) is 0 Å². The molecule has 0 spiro atoms. The van der Waals surface area contributed by atoms with Crippen molar-refractivity contribution in [2.24, 2.45) is 0 Å². The molecule has 0 saturated heterocycles. The summed E-state index contributed by atoms with van der Waals surface area (Å²) >= 11 is 0. The molecule has 6 heteroatoms. The van der Waals surface area contributed by atoms with Crippen LogP contribution in [0, 0.1) is 5.82 Å². The third-order valence-electron chi connectivity index (χ3n) is 5.43. The zero-order valence-electron chi connectivity index (χ0n) is 18.6. The summed E-state index contributed by atoms with van der Waals surface area (Å²) in [7, 11) is 3.21. The van der Waals surface area contributed by atoms with Crippen LogP contribution in [0.1, 0.15) is 18.1 Å². The van der Waals surface area contributed by atoms with Crippen molar-refractivity contribution >= 4 is 22.4 Å². The number of benzene rings is 3. The molecule has 1 N–H and O–H groups in total. The van der Waals surface area contributed by atoms with E-state index in [1.807, 2.05) is 43.3 Å². The highest BCUT2D eigenvalue weighted by Gasteiger charge is 2.15. The van der Waals surface area contributed by atoms with E-state index in [9.17, 15) is 9.18 Å². The molecule has 5 nitrogen and oxygen atoms in total. The first-order valence-corrected chi connectivity index (χ1v) is 10.4. The van der Waals surface area contributed by atoms with E-state index in [0.717, 1.165) is 39.0 Å². The zero-order chi connectivity index (χ0) is 23.4. The van der Waals surface area contributed by atoms with Crippen LogP contribution >= 0.6 is 0 Å². The molecule has 4 aromatic rings. The summed E-state index contributed by atoms with van der Waals surface area (Å²) in [5.74, 6) is 0.800. The minimum Gasteiger partial charge on any atom is -0.497 e. The Morgan fingerprint density at radius 2 is 1.85 bits per heavy atom. The Hall–Kier alpha value is -4.06. The minimum atomic E-state index is -0.309. The third kappa shape index (κ3) is 4.90. The highest BCUT2D eigenvalue weighted by Crippen LogP contribution is 2.38. The Balaban J connectivity index is 1.63. The molecule has 0 aliphatic rings. The first-order valence-electron chi connectivity index (χ1n) is 10.4. The summed E-state index contributed by atoms with van der Waals surface area (Å²) in [6.45, 7) is 2.16. The Bertz CT molecular complexity index is 1320. The van der Waals surface area contributed by atoms with E-state index in [2.05, 4.69) is 5.32 Å². The number of hydrogen-bond acceptors (Lipinski definition) is 4. The summed E-state index contributed by atoms with van der Waals surface area (Å²) in [5.41, 5.74) is 4.90. The van der Waals surface area contributed by atoms with Gasteiger partial charge in [-0.3, -0.25) is 4.79 Å². The summed E-state index contributed by atoms with van der Waals surface area (Å²) in [6.07, 6.45) is 3.23. The van der Waals surface area contributed by atoms with Crippen LogP contribution in [0.25, 0.3) is 27.7 Å². The number of halogens is 1. The van der Waals surface area contributed by atoms with Gasteiger partial charge in [-0.2, -0.15) is 0 Å².